The summed E-state index contributed by atoms with van der Waals surface area (Å²) >= 11 is 6.02. The summed E-state index contributed by atoms with van der Waals surface area (Å²) in [5.41, 5.74) is 2.60. The van der Waals surface area contributed by atoms with E-state index in [0.717, 1.165) is 49.9 Å². The zero-order chi connectivity index (χ0) is 22.9. The minimum Gasteiger partial charge on any atom is -0.334 e. The molecule has 0 spiro atoms. The van der Waals surface area contributed by atoms with E-state index in [4.69, 9.17) is 11.6 Å². The molecule has 0 aromatic heterocycles. The van der Waals surface area contributed by atoms with Gasteiger partial charge in [-0.2, -0.15) is 0 Å². The molecule has 32 heavy (non-hydrogen) atoms. The van der Waals surface area contributed by atoms with Crippen molar-refractivity contribution in [1.82, 2.24) is 4.90 Å². The molecule has 0 fully saturated rings. The van der Waals surface area contributed by atoms with Gasteiger partial charge in [-0.1, -0.05) is 69.3 Å². The second-order valence-corrected chi connectivity index (χ2v) is 9.56. The topological polar surface area (TPSA) is 40.6 Å². The molecule has 5 heteroatoms. The molecule has 0 bridgehead atoms. The van der Waals surface area contributed by atoms with Crippen LogP contribution in [-0.2, 0) is 11.3 Å². The quantitative estimate of drug-likeness (QED) is 0.516. The zero-order valence-corrected chi connectivity index (χ0v) is 20.1. The lowest BCUT2D eigenvalue weighted by Gasteiger charge is -2.29. The molecule has 4 nitrogen and oxygen atoms in total. The molecule has 3 rings (SSSR count). The molecule has 1 aliphatic rings. The highest BCUT2D eigenvalue weighted by atomic mass is 35.5. The maximum absolute atomic E-state index is 13.4. The van der Waals surface area contributed by atoms with Crippen LogP contribution in [0.5, 0.6) is 0 Å². The van der Waals surface area contributed by atoms with Crippen molar-refractivity contribution in [3.63, 3.8) is 0 Å². The highest BCUT2D eigenvalue weighted by molar-refractivity contribution is 6.30. The zero-order valence-electron chi connectivity index (χ0n) is 19.4. The minimum absolute atomic E-state index is 0.00592. The van der Waals surface area contributed by atoms with Crippen molar-refractivity contribution >= 4 is 29.1 Å². The standard InChI is InChI=1S/C27H35ClN2O2/c1-21(2)19-26(31)30-18-10-6-4-3-5-9-17-29(20-23-11-7-8-12-25(23)30)27(32)22-13-15-24(28)16-14-22/h7-8,11-16,21H,3-6,9-10,17-20H2,1-2H3. The van der Waals surface area contributed by atoms with Gasteiger partial charge in [0.05, 0.1) is 0 Å². The number of amides is 2. The Kier molecular flexibility index (Phi) is 9.16. The first-order chi connectivity index (χ1) is 15.5. The summed E-state index contributed by atoms with van der Waals surface area (Å²) < 4.78 is 0. The van der Waals surface area contributed by atoms with Gasteiger partial charge in [0.1, 0.15) is 0 Å². The summed E-state index contributed by atoms with van der Waals surface area (Å²) in [5, 5.41) is 0.621. The number of fused-ring (bicyclic) bond motifs is 1. The van der Waals surface area contributed by atoms with Crippen molar-refractivity contribution in [2.75, 3.05) is 18.0 Å². The van der Waals surface area contributed by atoms with Gasteiger partial charge in [-0.3, -0.25) is 9.59 Å². The molecule has 0 atom stereocenters. The van der Waals surface area contributed by atoms with E-state index in [9.17, 15) is 9.59 Å². The Hall–Kier alpha value is -2.33. The Bertz CT molecular complexity index is 895. The van der Waals surface area contributed by atoms with E-state index in [-0.39, 0.29) is 11.8 Å². The van der Waals surface area contributed by atoms with E-state index in [1.54, 1.807) is 24.3 Å². The second kappa shape index (κ2) is 12.1. The van der Waals surface area contributed by atoms with E-state index in [1.807, 2.05) is 34.1 Å². The molecular formula is C27H35ClN2O2. The van der Waals surface area contributed by atoms with Gasteiger partial charge in [0.25, 0.3) is 5.91 Å². The fraction of sp³-hybridized carbons (Fsp3) is 0.481. The van der Waals surface area contributed by atoms with Crippen molar-refractivity contribution in [3.8, 4) is 0 Å². The number of hydrogen-bond donors (Lipinski definition) is 0. The number of halogens is 1. The van der Waals surface area contributed by atoms with Crippen LogP contribution in [0.15, 0.2) is 48.5 Å². The minimum atomic E-state index is 0.00592. The van der Waals surface area contributed by atoms with Crippen LogP contribution < -0.4 is 4.90 Å². The first-order valence-corrected chi connectivity index (χ1v) is 12.3. The van der Waals surface area contributed by atoms with Gasteiger partial charge in [0.15, 0.2) is 0 Å². The Morgan fingerprint density at radius 3 is 2.19 bits per heavy atom. The molecular weight excluding hydrogens is 420 g/mol. The fourth-order valence-corrected chi connectivity index (χ4v) is 4.39. The predicted octanol–water partition coefficient (Wildman–Crippen LogP) is 6.72. The molecule has 2 aromatic rings. The van der Waals surface area contributed by atoms with E-state index in [2.05, 4.69) is 13.8 Å². The van der Waals surface area contributed by atoms with E-state index in [0.29, 0.717) is 36.0 Å². The number of para-hydroxylation sites is 1. The van der Waals surface area contributed by atoms with Gasteiger partial charge in [-0.25, -0.2) is 0 Å². The predicted molar refractivity (Wildman–Crippen MR) is 132 cm³/mol. The van der Waals surface area contributed by atoms with Gasteiger partial charge >= 0.3 is 0 Å². The number of nitrogens with zero attached hydrogens (tertiary/aromatic N) is 2. The normalized spacial score (nSPS) is 16.0. The fourth-order valence-electron chi connectivity index (χ4n) is 4.26. The molecule has 0 unspecified atom stereocenters. The number of hydrogen-bond acceptors (Lipinski definition) is 2. The van der Waals surface area contributed by atoms with Gasteiger partial charge in [-0.15, -0.1) is 0 Å². The van der Waals surface area contributed by atoms with Gasteiger partial charge in [-0.05, 0) is 54.7 Å². The third-order valence-corrected chi connectivity index (χ3v) is 6.22. The number of benzene rings is 2. The molecule has 172 valence electrons. The molecule has 0 saturated heterocycles. The first-order valence-electron chi connectivity index (χ1n) is 11.9. The van der Waals surface area contributed by atoms with Crippen LogP contribution in [-0.4, -0.2) is 29.8 Å². The lowest BCUT2D eigenvalue weighted by atomic mass is 10.1. The van der Waals surface area contributed by atoms with Crippen LogP contribution in [0.3, 0.4) is 0 Å². The SMILES string of the molecule is CC(C)CC(=O)N1CCCCCCCCN(C(=O)c2ccc(Cl)cc2)Cc2ccccc21. The van der Waals surface area contributed by atoms with E-state index in [1.165, 1.54) is 6.42 Å². The van der Waals surface area contributed by atoms with Crippen LogP contribution in [0.2, 0.25) is 5.02 Å². The molecule has 1 aliphatic heterocycles. The Morgan fingerprint density at radius 1 is 0.875 bits per heavy atom. The first kappa shape index (κ1) is 24.3. The lowest BCUT2D eigenvalue weighted by Crippen LogP contribution is -2.35. The summed E-state index contributed by atoms with van der Waals surface area (Å²) in [6.07, 6.45) is 7.09. The highest BCUT2D eigenvalue weighted by Gasteiger charge is 2.22. The number of carbonyl (C=O) groups is 2. The van der Waals surface area contributed by atoms with Crippen molar-refractivity contribution in [2.24, 2.45) is 5.92 Å². The Morgan fingerprint density at radius 2 is 1.50 bits per heavy atom. The maximum Gasteiger partial charge on any atom is 0.254 e. The molecule has 0 saturated carbocycles. The highest BCUT2D eigenvalue weighted by Crippen LogP contribution is 2.26. The Balaban J connectivity index is 1.93. The summed E-state index contributed by atoms with van der Waals surface area (Å²) in [7, 11) is 0. The smallest absolute Gasteiger partial charge is 0.254 e. The molecule has 0 N–H and O–H groups in total. The van der Waals surface area contributed by atoms with Crippen molar-refractivity contribution in [2.45, 2.75) is 65.3 Å². The van der Waals surface area contributed by atoms with Crippen LogP contribution >= 0.6 is 11.6 Å². The van der Waals surface area contributed by atoms with Crippen LogP contribution in [0.4, 0.5) is 5.69 Å². The monoisotopic (exact) mass is 454 g/mol. The van der Waals surface area contributed by atoms with Crippen molar-refractivity contribution < 1.29 is 9.59 Å². The summed E-state index contributed by atoms with van der Waals surface area (Å²) in [6.45, 7) is 6.08. The van der Waals surface area contributed by atoms with Crippen molar-refractivity contribution in [3.05, 3.63) is 64.7 Å². The third-order valence-electron chi connectivity index (χ3n) is 5.97. The maximum atomic E-state index is 13.4. The third kappa shape index (κ3) is 6.83. The number of rotatable bonds is 3. The van der Waals surface area contributed by atoms with Crippen LogP contribution in [0.1, 0.15) is 74.7 Å². The van der Waals surface area contributed by atoms with Gasteiger partial charge in [0.2, 0.25) is 5.91 Å². The summed E-state index contributed by atoms with van der Waals surface area (Å²) in [5.74, 6) is 0.478. The van der Waals surface area contributed by atoms with Crippen molar-refractivity contribution in [1.29, 1.82) is 0 Å². The van der Waals surface area contributed by atoms with E-state index >= 15 is 0 Å². The van der Waals surface area contributed by atoms with Gasteiger partial charge in [0, 0.05) is 42.3 Å². The van der Waals surface area contributed by atoms with Gasteiger partial charge < -0.3 is 9.80 Å². The molecule has 2 amide bonds. The molecule has 0 radical (unpaired) electrons. The Labute approximate surface area is 197 Å². The summed E-state index contributed by atoms with van der Waals surface area (Å²) in [6, 6.07) is 15.1. The summed E-state index contributed by atoms with van der Waals surface area (Å²) in [4.78, 5) is 30.4. The average molecular weight is 455 g/mol. The number of carbonyl (C=O) groups excluding carboxylic acids is 2. The average Bonchev–Trinajstić information content (AvgIpc) is 2.78. The van der Waals surface area contributed by atoms with E-state index < -0.39 is 0 Å². The number of anilines is 1. The largest absolute Gasteiger partial charge is 0.334 e. The lowest BCUT2D eigenvalue weighted by molar-refractivity contribution is -0.119. The molecule has 1 heterocycles. The second-order valence-electron chi connectivity index (χ2n) is 9.13. The van der Waals surface area contributed by atoms with Crippen LogP contribution in [0.25, 0.3) is 0 Å². The molecule has 2 aromatic carbocycles. The molecule has 0 aliphatic carbocycles. The van der Waals surface area contributed by atoms with Crippen LogP contribution in [0, 0.1) is 5.92 Å².